The number of nitrogens with zero attached hydrogens (tertiary/aromatic N) is 1. The number of aromatic amines is 1. The molecule has 1 aromatic heterocycles. The van der Waals surface area contributed by atoms with Gasteiger partial charge < -0.3 is 10.6 Å². The van der Waals surface area contributed by atoms with E-state index in [1.807, 2.05) is 0 Å². The molecule has 108 valence electrons. The molecule has 5 nitrogen and oxygen atoms in total. The van der Waals surface area contributed by atoms with Crippen LogP contribution in [0.2, 0.25) is 0 Å². The van der Waals surface area contributed by atoms with Crippen LogP contribution in [0.25, 0.3) is 0 Å². The lowest BCUT2D eigenvalue weighted by Gasteiger charge is -2.23. The second kappa shape index (κ2) is 4.58. The van der Waals surface area contributed by atoms with E-state index in [2.05, 4.69) is 26.9 Å². The number of nitrogens with one attached hydrogen (secondary N) is 3. The number of rotatable bonds is 4. The first kappa shape index (κ1) is 12.4. The van der Waals surface area contributed by atoms with E-state index >= 15 is 0 Å². The number of hydrogen-bond acceptors (Lipinski definition) is 3. The van der Waals surface area contributed by atoms with E-state index in [1.54, 1.807) is 0 Å². The van der Waals surface area contributed by atoms with Crippen molar-refractivity contribution in [1.29, 1.82) is 0 Å². The number of carbonyl (C=O) groups excluding carboxylic acids is 1. The Morgan fingerprint density at radius 1 is 1.40 bits per heavy atom. The molecule has 5 heteroatoms. The third-order valence-corrected chi connectivity index (χ3v) is 5.20. The summed E-state index contributed by atoms with van der Waals surface area (Å²) in [6.07, 6.45) is 5.91. The van der Waals surface area contributed by atoms with Crippen LogP contribution in [0.4, 0.5) is 0 Å². The molecule has 2 saturated carbocycles. The minimum Gasteiger partial charge on any atom is -0.350 e. The van der Waals surface area contributed by atoms with Crippen molar-refractivity contribution in [1.82, 2.24) is 20.8 Å². The van der Waals surface area contributed by atoms with E-state index in [4.69, 9.17) is 0 Å². The van der Waals surface area contributed by atoms with Gasteiger partial charge in [-0.05, 0) is 56.7 Å². The molecule has 0 bridgehead atoms. The summed E-state index contributed by atoms with van der Waals surface area (Å²) in [5.41, 5.74) is 2.51. The van der Waals surface area contributed by atoms with Gasteiger partial charge in [-0.1, -0.05) is 0 Å². The highest BCUT2D eigenvalue weighted by Gasteiger charge is 2.57. The highest BCUT2D eigenvalue weighted by Crippen LogP contribution is 2.58. The number of amides is 1. The third-order valence-electron chi connectivity index (χ3n) is 5.20. The van der Waals surface area contributed by atoms with Crippen molar-refractivity contribution in [3.63, 3.8) is 0 Å². The smallest absolute Gasteiger partial charge is 0.224 e. The van der Waals surface area contributed by atoms with Gasteiger partial charge in [-0.15, -0.1) is 0 Å². The Morgan fingerprint density at radius 3 is 2.95 bits per heavy atom. The van der Waals surface area contributed by atoms with Gasteiger partial charge in [0.1, 0.15) is 0 Å². The van der Waals surface area contributed by atoms with Crippen LogP contribution >= 0.6 is 0 Å². The predicted molar refractivity (Wildman–Crippen MR) is 75.1 cm³/mol. The molecule has 1 aliphatic heterocycles. The van der Waals surface area contributed by atoms with Gasteiger partial charge in [-0.25, -0.2) is 0 Å². The summed E-state index contributed by atoms with van der Waals surface area (Å²) in [5, 5.41) is 13.8. The van der Waals surface area contributed by atoms with Gasteiger partial charge in [-0.3, -0.25) is 9.89 Å². The maximum atomic E-state index is 12.2. The van der Waals surface area contributed by atoms with Gasteiger partial charge in [0.2, 0.25) is 5.91 Å². The van der Waals surface area contributed by atoms with Crippen LogP contribution < -0.4 is 10.6 Å². The predicted octanol–water partition coefficient (Wildman–Crippen LogP) is 1.29. The fourth-order valence-corrected chi connectivity index (χ4v) is 3.56. The molecule has 0 radical (unpaired) electrons. The summed E-state index contributed by atoms with van der Waals surface area (Å²) in [7, 11) is 0. The Balaban J connectivity index is 1.29. The minimum atomic E-state index is 0.231. The Bertz CT molecular complexity index is 514. The van der Waals surface area contributed by atoms with Crippen molar-refractivity contribution in [3.05, 3.63) is 17.5 Å². The van der Waals surface area contributed by atoms with Gasteiger partial charge in [0, 0.05) is 11.8 Å². The molecule has 2 aliphatic carbocycles. The molecule has 1 aromatic rings. The number of piperidine rings is 1. The maximum Gasteiger partial charge on any atom is 0.224 e. The van der Waals surface area contributed by atoms with Gasteiger partial charge >= 0.3 is 0 Å². The molecule has 20 heavy (non-hydrogen) atoms. The van der Waals surface area contributed by atoms with Gasteiger partial charge in [-0.2, -0.15) is 5.10 Å². The molecule has 1 atom stereocenters. The minimum absolute atomic E-state index is 0.231. The summed E-state index contributed by atoms with van der Waals surface area (Å²) >= 11 is 0. The summed E-state index contributed by atoms with van der Waals surface area (Å²) in [6, 6.07) is 2.10. The largest absolute Gasteiger partial charge is 0.350 e. The van der Waals surface area contributed by atoms with Crippen LogP contribution in [0.1, 0.15) is 49.4 Å². The van der Waals surface area contributed by atoms with Crippen molar-refractivity contribution in [2.24, 2.45) is 11.3 Å². The van der Waals surface area contributed by atoms with E-state index in [9.17, 15) is 4.79 Å². The van der Waals surface area contributed by atoms with E-state index in [1.165, 1.54) is 12.8 Å². The first-order valence-corrected chi connectivity index (χ1v) is 7.79. The SMILES string of the molecule is O=C(NCc1cc(C2CC2)n[nH]1)C1CC12CCNCC2. The molecule has 3 fully saturated rings. The number of hydrogen-bond donors (Lipinski definition) is 3. The van der Waals surface area contributed by atoms with Crippen LogP contribution in [0.3, 0.4) is 0 Å². The van der Waals surface area contributed by atoms with Gasteiger partial charge in [0.15, 0.2) is 0 Å². The lowest BCUT2D eigenvalue weighted by atomic mass is 9.92. The van der Waals surface area contributed by atoms with Crippen LogP contribution in [0, 0.1) is 11.3 Å². The van der Waals surface area contributed by atoms with E-state index < -0.39 is 0 Å². The molecule has 4 rings (SSSR count). The summed E-state index contributed by atoms with van der Waals surface area (Å²) in [5.74, 6) is 1.14. The first-order valence-electron chi connectivity index (χ1n) is 7.79. The number of carbonyl (C=O) groups is 1. The molecule has 1 unspecified atom stereocenters. The highest BCUT2D eigenvalue weighted by molar-refractivity contribution is 5.82. The molecule has 3 N–H and O–H groups in total. The van der Waals surface area contributed by atoms with Crippen molar-refractivity contribution >= 4 is 5.91 Å². The lowest BCUT2D eigenvalue weighted by molar-refractivity contribution is -0.123. The highest BCUT2D eigenvalue weighted by atomic mass is 16.2. The zero-order valence-electron chi connectivity index (χ0n) is 11.7. The topological polar surface area (TPSA) is 69.8 Å². The molecule has 1 spiro atoms. The maximum absolute atomic E-state index is 12.2. The Kier molecular flexibility index (Phi) is 2.84. The zero-order valence-corrected chi connectivity index (χ0v) is 11.7. The Hall–Kier alpha value is -1.36. The van der Waals surface area contributed by atoms with Gasteiger partial charge in [0.25, 0.3) is 0 Å². The lowest BCUT2D eigenvalue weighted by Crippen LogP contribution is -2.33. The van der Waals surface area contributed by atoms with Crippen molar-refractivity contribution in [3.8, 4) is 0 Å². The molecule has 0 aromatic carbocycles. The first-order chi connectivity index (χ1) is 9.77. The number of aromatic nitrogens is 2. The zero-order chi connectivity index (χ0) is 13.6. The summed E-state index contributed by atoms with van der Waals surface area (Å²) in [4.78, 5) is 12.2. The second-order valence-electron chi connectivity index (χ2n) is 6.68. The van der Waals surface area contributed by atoms with Crippen LogP contribution in [-0.2, 0) is 11.3 Å². The van der Waals surface area contributed by atoms with E-state index in [0.29, 0.717) is 17.9 Å². The Labute approximate surface area is 118 Å². The standard InChI is InChI=1S/C15H22N4O/c20-14(12-8-15(12)3-5-16-6-4-15)17-9-11-7-13(19-18-11)10-1-2-10/h7,10,12,16H,1-6,8-9H2,(H,17,20)(H,18,19). The van der Waals surface area contributed by atoms with Crippen LogP contribution in [0.5, 0.6) is 0 Å². The molecule has 1 amide bonds. The van der Waals surface area contributed by atoms with E-state index in [-0.39, 0.29) is 11.8 Å². The fraction of sp³-hybridized carbons (Fsp3) is 0.733. The summed E-state index contributed by atoms with van der Waals surface area (Å²) < 4.78 is 0. The molecular weight excluding hydrogens is 252 g/mol. The second-order valence-corrected chi connectivity index (χ2v) is 6.68. The average molecular weight is 274 g/mol. The van der Waals surface area contributed by atoms with Crippen LogP contribution in [0.15, 0.2) is 6.07 Å². The third kappa shape index (κ3) is 2.24. The number of H-pyrrole nitrogens is 1. The molecule has 1 saturated heterocycles. The Morgan fingerprint density at radius 2 is 2.20 bits per heavy atom. The van der Waals surface area contributed by atoms with E-state index in [0.717, 1.165) is 43.7 Å². The molecule has 2 heterocycles. The monoisotopic (exact) mass is 274 g/mol. The molecular formula is C15H22N4O. The van der Waals surface area contributed by atoms with Gasteiger partial charge in [0.05, 0.1) is 17.9 Å². The van der Waals surface area contributed by atoms with Crippen molar-refractivity contribution in [2.75, 3.05) is 13.1 Å². The quantitative estimate of drug-likeness (QED) is 0.775. The average Bonchev–Trinajstić information content (AvgIpc) is 3.38. The normalized spacial score (nSPS) is 27.5. The van der Waals surface area contributed by atoms with Crippen molar-refractivity contribution in [2.45, 2.75) is 44.6 Å². The summed E-state index contributed by atoms with van der Waals surface area (Å²) in [6.45, 7) is 2.72. The molecule has 3 aliphatic rings. The van der Waals surface area contributed by atoms with Crippen molar-refractivity contribution < 1.29 is 4.79 Å². The van der Waals surface area contributed by atoms with Crippen LogP contribution in [-0.4, -0.2) is 29.2 Å². The fourth-order valence-electron chi connectivity index (χ4n) is 3.56.